The summed E-state index contributed by atoms with van der Waals surface area (Å²) < 4.78 is 50.3. The Morgan fingerprint density at radius 1 is 1.29 bits per heavy atom. The average molecular weight is 364 g/mol. The van der Waals surface area contributed by atoms with Crippen LogP contribution in [0.25, 0.3) is 6.08 Å². The average Bonchev–Trinajstić information content (AvgIpc) is 2.65. The Kier molecular flexibility index (Phi) is 5.08. The molecule has 1 fully saturated rings. The summed E-state index contributed by atoms with van der Waals surface area (Å²) in [6.07, 6.45) is -2.06. The lowest BCUT2D eigenvalue weighted by atomic mass is 9.77. The van der Waals surface area contributed by atoms with E-state index in [0.717, 1.165) is 6.07 Å². The van der Waals surface area contributed by atoms with Gasteiger partial charge in [0, 0.05) is 6.20 Å². The third-order valence-corrected chi connectivity index (χ3v) is 4.56. The molecule has 0 spiro atoms. The minimum Gasteiger partial charge on any atom is -0.400 e. The molecule has 2 rings (SSSR count). The van der Waals surface area contributed by atoms with Crippen molar-refractivity contribution in [2.24, 2.45) is 0 Å². The summed E-state index contributed by atoms with van der Waals surface area (Å²) in [4.78, 5) is 3.55. The van der Waals surface area contributed by atoms with Crippen LogP contribution >= 0.6 is 11.6 Å². The molecular weight excluding hydrogens is 345 g/mol. The molecule has 0 bridgehead atoms. The predicted octanol–water partition coefficient (Wildman–Crippen LogP) is 3.76. The van der Waals surface area contributed by atoms with Crippen molar-refractivity contribution in [2.75, 3.05) is 6.61 Å². The highest BCUT2D eigenvalue weighted by atomic mass is 35.5. The van der Waals surface area contributed by atoms with E-state index in [1.54, 1.807) is 0 Å². The molecule has 0 aliphatic carbocycles. The van der Waals surface area contributed by atoms with E-state index in [1.165, 1.54) is 12.3 Å². The van der Waals surface area contributed by atoms with Crippen LogP contribution in [0.2, 0.25) is 5.15 Å². The van der Waals surface area contributed by atoms with Crippen molar-refractivity contribution in [3.8, 4) is 0 Å². The Bertz CT molecular complexity index is 646. The van der Waals surface area contributed by atoms with E-state index in [-0.39, 0.29) is 5.56 Å². The first-order valence-electron chi connectivity index (χ1n) is 7.27. The minimum atomic E-state index is -4.61. The predicted molar refractivity (Wildman–Crippen MR) is 85.4 cm³/mol. The van der Waals surface area contributed by atoms with Gasteiger partial charge in [0.25, 0.3) is 0 Å². The lowest BCUT2D eigenvalue weighted by Crippen LogP contribution is -2.41. The molecule has 9 heteroatoms. The van der Waals surface area contributed by atoms with Crippen molar-refractivity contribution in [2.45, 2.75) is 45.1 Å². The van der Waals surface area contributed by atoms with Crippen molar-refractivity contribution < 1.29 is 27.6 Å². The number of nitrogens with zero attached hydrogens (tertiary/aromatic N) is 1. The highest BCUT2D eigenvalue weighted by Crippen LogP contribution is 2.39. The lowest BCUT2D eigenvalue weighted by Gasteiger charge is -2.32. The third kappa shape index (κ3) is 3.77. The van der Waals surface area contributed by atoms with Crippen LogP contribution in [0.15, 0.2) is 17.7 Å². The first-order valence-corrected chi connectivity index (χ1v) is 7.65. The zero-order valence-corrected chi connectivity index (χ0v) is 14.5. The molecule has 2 heterocycles. The summed E-state index contributed by atoms with van der Waals surface area (Å²) in [5.74, 6) is 0. The molecule has 0 radical (unpaired) electrons. The number of hydrogen-bond donors (Lipinski definition) is 1. The van der Waals surface area contributed by atoms with E-state index in [1.807, 2.05) is 27.7 Å². The summed E-state index contributed by atoms with van der Waals surface area (Å²) in [6.45, 7) is 6.93. The van der Waals surface area contributed by atoms with Gasteiger partial charge < -0.3 is 14.4 Å². The van der Waals surface area contributed by atoms with Gasteiger partial charge in [0.05, 0.1) is 23.4 Å². The largest absolute Gasteiger partial charge is 0.492 e. The second kappa shape index (κ2) is 6.33. The molecule has 1 aliphatic rings. The fraction of sp³-hybridized carbons (Fsp3) is 0.533. The molecule has 132 valence electrons. The van der Waals surface area contributed by atoms with Gasteiger partial charge in [-0.2, -0.15) is 13.2 Å². The Hall–Kier alpha value is -1.09. The maximum atomic E-state index is 12.9. The quantitative estimate of drug-likeness (QED) is 0.656. The van der Waals surface area contributed by atoms with Gasteiger partial charge in [-0.25, -0.2) is 4.98 Å². The van der Waals surface area contributed by atoms with E-state index in [0.29, 0.717) is 5.47 Å². The molecule has 0 saturated carbocycles. The Balaban J connectivity index is 2.36. The van der Waals surface area contributed by atoms with Crippen LogP contribution in [0.4, 0.5) is 13.2 Å². The molecule has 1 aromatic rings. The van der Waals surface area contributed by atoms with Gasteiger partial charge in [0.1, 0.15) is 5.15 Å². The van der Waals surface area contributed by atoms with Gasteiger partial charge in [0.15, 0.2) is 0 Å². The van der Waals surface area contributed by atoms with Gasteiger partial charge >= 0.3 is 13.3 Å². The molecule has 0 amide bonds. The number of aliphatic hydroxyl groups is 1. The van der Waals surface area contributed by atoms with Gasteiger partial charge in [-0.1, -0.05) is 17.7 Å². The van der Waals surface area contributed by atoms with Crippen molar-refractivity contribution in [3.05, 3.63) is 34.0 Å². The second-order valence-electron chi connectivity index (χ2n) is 6.57. The highest BCUT2D eigenvalue weighted by Gasteiger charge is 2.52. The van der Waals surface area contributed by atoms with E-state index < -0.39 is 41.8 Å². The minimum absolute atomic E-state index is 0.144. The number of hydrogen-bond acceptors (Lipinski definition) is 4. The van der Waals surface area contributed by atoms with Gasteiger partial charge in [0.2, 0.25) is 0 Å². The summed E-state index contributed by atoms with van der Waals surface area (Å²) in [7, 11) is -0.856. The van der Waals surface area contributed by atoms with Crippen molar-refractivity contribution >= 4 is 24.8 Å². The number of alkyl halides is 3. The third-order valence-electron chi connectivity index (χ3n) is 4.26. The molecule has 1 aromatic heterocycles. The van der Waals surface area contributed by atoms with Crippen LogP contribution in [0.1, 0.15) is 38.8 Å². The van der Waals surface area contributed by atoms with Crippen molar-refractivity contribution in [1.29, 1.82) is 0 Å². The normalized spacial score (nSPS) is 20.5. The number of pyridine rings is 1. The van der Waals surface area contributed by atoms with Gasteiger partial charge in [-0.15, -0.1) is 0 Å². The Labute approximate surface area is 143 Å². The van der Waals surface area contributed by atoms with Crippen molar-refractivity contribution in [1.82, 2.24) is 4.98 Å². The second-order valence-corrected chi connectivity index (χ2v) is 6.93. The molecule has 1 saturated heterocycles. The number of halogens is 4. The molecule has 0 atom stereocenters. The first kappa shape index (κ1) is 19.2. The molecule has 1 aliphatic heterocycles. The van der Waals surface area contributed by atoms with Crippen LogP contribution in [0.3, 0.4) is 0 Å². The number of aromatic nitrogens is 1. The maximum Gasteiger partial charge on any atom is 0.492 e. The zero-order valence-electron chi connectivity index (χ0n) is 13.7. The van der Waals surface area contributed by atoms with Crippen LogP contribution in [0.5, 0.6) is 0 Å². The lowest BCUT2D eigenvalue weighted by molar-refractivity contribution is -0.137. The smallest absolute Gasteiger partial charge is 0.400 e. The highest BCUT2D eigenvalue weighted by molar-refractivity contribution is 6.55. The van der Waals surface area contributed by atoms with Crippen LogP contribution in [-0.4, -0.2) is 35.0 Å². The first-order chi connectivity index (χ1) is 10.9. The zero-order chi connectivity index (χ0) is 18.3. The molecule has 24 heavy (non-hydrogen) atoms. The Morgan fingerprint density at radius 2 is 1.83 bits per heavy atom. The van der Waals surface area contributed by atoms with E-state index in [2.05, 4.69) is 4.98 Å². The summed E-state index contributed by atoms with van der Waals surface area (Å²) >= 11 is 5.50. The molecule has 4 nitrogen and oxygen atoms in total. The fourth-order valence-corrected chi connectivity index (χ4v) is 2.35. The van der Waals surface area contributed by atoms with Crippen LogP contribution in [0, 0.1) is 0 Å². The van der Waals surface area contributed by atoms with E-state index in [4.69, 9.17) is 20.9 Å². The van der Waals surface area contributed by atoms with E-state index in [9.17, 15) is 18.3 Å². The number of rotatable bonds is 3. The summed E-state index contributed by atoms with van der Waals surface area (Å²) in [5.41, 5.74) is -1.84. The fourth-order valence-electron chi connectivity index (χ4n) is 2.14. The van der Waals surface area contributed by atoms with Crippen LogP contribution < -0.4 is 0 Å². The maximum absolute atomic E-state index is 12.9. The summed E-state index contributed by atoms with van der Waals surface area (Å²) in [5, 5.41) is 8.95. The standard InChI is InChI=1S/C15H18BClF3NO3/c1-13(2)14(3,4)24-16(23-13)10(8-22)5-9-6-11(15(18,19)20)12(17)21-7-9/h5-7,22H,8H2,1-4H3. The van der Waals surface area contributed by atoms with Gasteiger partial charge in [-0.3, -0.25) is 0 Å². The SMILES string of the molecule is CC1(C)OB(C(=Cc2cnc(Cl)c(C(F)(F)F)c2)CO)OC1(C)C. The molecular formula is C15H18BClF3NO3. The monoisotopic (exact) mass is 363 g/mol. The Morgan fingerprint density at radius 3 is 2.29 bits per heavy atom. The summed E-state index contributed by atoms with van der Waals surface area (Å²) in [6, 6.07) is 0.871. The van der Waals surface area contributed by atoms with Crippen LogP contribution in [-0.2, 0) is 15.5 Å². The molecule has 0 unspecified atom stereocenters. The topological polar surface area (TPSA) is 51.6 Å². The number of aliphatic hydroxyl groups excluding tert-OH is 1. The molecule has 0 aromatic carbocycles. The molecule has 1 N–H and O–H groups in total. The van der Waals surface area contributed by atoms with E-state index >= 15 is 0 Å². The van der Waals surface area contributed by atoms with Gasteiger partial charge in [-0.05, 0) is 44.8 Å². The van der Waals surface area contributed by atoms with Crippen molar-refractivity contribution in [3.63, 3.8) is 0 Å².